The van der Waals surface area contributed by atoms with E-state index in [1.165, 1.54) is 0 Å². The molecular formula is C29H27Cl2N3O2. The molecule has 184 valence electrons. The molecular weight excluding hydrogens is 493 g/mol. The molecule has 5 rings (SSSR count). The molecule has 36 heavy (non-hydrogen) atoms. The summed E-state index contributed by atoms with van der Waals surface area (Å²) in [5, 5.41) is 1.39. The summed E-state index contributed by atoms with van der Waals surface area (Å²) in [6.07, 6.45) is 0. The van der Waals surface area contributed by atoms with Gasteiger partial charge in [0.25, 0.3) is 5.91 Å². The molecule has 0 saturated carbocycles. The Balaban J connectivity index is 1.46. The SMILES string of the molecule is COc1ccc(-n2c(-c3ccc(Cl)cc3)cc(C(=O)N3CCN(c4cccc(Cl)c4)CC3)c2C)cc1. The fraction of sp³-hybridized carbons (Fsp3) is 0.207. The van der Waals surface area contributed by atoms with Crippen molar-refractivity contribution >= 4 is 34.8 Å². The first-order chi connectivity index (χ1) is 17.4. The molecule has 1 saturated heterocycles. The standard InChI is InChI=1S/C29H27Cl2N3O2/c1-20-27(29(35)33-16-14-32(15-17-33)25-5-3-4-23(31)18-25)19-28(21-6-8-22(30)9-7-21)34(20)24-10-12-26(36-2)13-11-24/h3-13,18-19H,14-17H2,1-2H3. The number of aromatic nitrogens is 1. The van der Waals surface area contributed by atoms with Crippen molar-refractivity contribution in [2.24, 2.45) is 0 Å². The lowest BCUT2D eigenvalue weighted by molar-refractivity contribution is 0.0746. The smallest absolute Gasteiger partial charge is 0.255 e. The van der Waals surface area contributed by atoms with Crippen LogP contribution in [0.15, 0.2) is 78.9 Å². The van der Waals surface area contributed by atoms with Crippen LogP contribution in [0.5, 0.6) is 5.75 Å². The number of piperazine rings is 1. The second-order valence-corrected chi connectivity index (χ2v) is 9.70. The summed E-state index contributed by atoms with van der Waals surface area (Å²) in [4.78, 5) is 17.9. The molecule has 0 spiro atoms. The quantitative estimate of drug-likeness (QED) is 0.293. The third-order valence-corrected chi connectivity index (χ3v) is 7.18. The molecule has 1 fully saturated rings. The number of amides is 1. The fourth-order valence-electron chi connectivity index (χ4n) is 4.73. The number of ether oxygens (including phenoxy) is 1. The highest BCUT2D eigenvalue weighted by molar-refractivity contribution is 6.31. The molecule has 2 heterocycles. The highest BCUT2D eigenvalue weighted by atomic mass is 35.5. The number of carbonyl (C=O) groups excluding carboxylic acids is 1. The van der Waals surface area contributed by atoms with Crippen LogP contribution in [0.4, 0.5) is 5.69 Å². The summed E-state index contributed by atoms with van der Waals surface area (Å²) < 4.78 is 7.46. The van der Waals surface area contributed by atoms with Crippen LogP contribution in [0.1, 0.15) is 16.1 Å². The van der Waals surface area contributed by atoms with Gasteiger partial charge in [-0.15, -0.1) is 0 Å². The van der Waals surface area contributed by atoms with Gasteiger partial charge in [-0.3, -0.25) is 4.79 Å². The summed E-state index contributed by atoms with van der Waals surface area (Å²) in [6, 6.07) is 25.4. The number of halogens is 2. The lowest BCUT2D eigenvalue weighted by Crippen LogP contribution is -2.48. The second-order valence-electron chi connectivity index (χ2n) is 8.83. The molecule has 0 unspecified atom stereocenters. The molecule has 1 aliphatic rings. The number of anilines is 1. The van der Waals surface area contributed by atoms with Crippen LogP contribution in [0.25, 0.3) is 16.9 Å². The molecule has 1 aromatic heterocycles. The van der Waals surface area contributed by atoms with E-state index in [4.69, 9.17) is 27.9 Å². The molecule has 7 heteroatoms. The Morgan fingerprint density at radius 2 is 1.50 bits per heavy atom. The van der Waals surface area contributed by atoms with Crippen LogP contribution in [0.2, 0.25) is 10.0 Å². The van der Waals surface area contributed by atoms with E-state index in [1.54, 1.807) is 7.11 Å². The van der Waals surface area contributed by atoms with Crippen LogP contribution in [-0.2, 0) is 0 Å². The summed E-state index contributed by atoms with van der Waals surface area (Å²) in [5.74, 6) is 0.825. The molecule has 5 nitrogen and oxygen atoms in total. The number of hydrogen-bond acceptors (Lipinski definition) is 3. The van der Waals surface area contributed by atoms with E-state index in [2.05, 4.69) is 15.5 Å². The average Bonchev–Trinajstić information content (AvgIpc) is 3.25. The van der Waals surface area contributed by atoms with E-state index in [-0.39, 0.29) is 5.91 Å². The summed E-state index contributed by atoms with van der Waals surface area (Å²) in [5.41, 5.74) is 5.57. The van der Waals surface area contributed by atoms with Crippen molar-refractivity contribution in [3.8, 4) is 22.7 Å². The normalized spacial score (nSPS) is 13.7. The number of nitrogens with zero attached hydrogens (tertiary/aromatic N) is 3. The predicted molar refractivity (Wildman–Crippen MR) is 147 cm³/mol. The molecule has 4 aromatic rings. The molecule has 0 radical (unpaired) electrons. The van der Waals surface area contributed by atoms with Crippen molar-refractivity contribution in [2.75, 3.05) is 38.2 Å². The van der Waals surface area contributed by atoms with Crippen molar-refractivity contribution in [1.82, 2.24) is 9.47 Å². The molecule has 0 atom stereocenters. The minimum atomic E-state index is 0.0423. The maximum absolute atomic E-state index is 13.7. The van der Waals surface area contributed by atoms with Gasteiger partial charge in [0.2, 0.25) is 0 Å². The lowest BCUT2D eigenvalue weighted by atomic mass is 10.1. The third kappa shape index (κ3) is 4.81. The number of methoxy groups -OCH3 is 1. The van der Waals surface area contributed by atoms with Gasteiger partial charge < -0.3 is 19.1 Å². The van der Waals surface area contributed by atoms with E-state index in [0.717, 1.165) is 52.2 Å². The Kier molecular flexibility index (Phi) is 6.95. The van der Waals surface area contributed by atoms with Crippen molar-refractivity contribution in [2.45, 2.75) is 6.92 Å². The first-order valence-electron chi connectivity index (χ1n) is 11.9. The Bertz CT molecular complexity index is 1370. The second kappa shape index (κ2) is 10.3. The van der Waals surface area contributed by atoms with Gasteiger partial charge in [-0.05, 0) is 73.2 Å². The van der Waals surface area contributed by atoms with Gasteiger partial charge in [-0.2, -0.15) is 0 Å². The van der Waals surface area contributed by atoms with E-state index >= 15 is 0 Å². The number of rotatable bonds is 5. The Hall–Kier alpha value is -3.41. The maximum atomic E-state index is 13.7. The van der Waals surface area contributed by atoms with Gasteiger partial charge in [0.1, 0.15) is 5.75 Å². The monoisotopic (exact) mass is 519 g/mol. The van der Waals surface area contributed by atoms with Gasteiger partial charge in [-0.1, -0.05) is 41.4 Å². The van der Waals surface area contributed by atoms with Gasteiger partial charge in [-0.25, -0.2) is 0 Å². The first kappa shape index (κ1) is 24.3. The topological polar surface area (TPSA) is 37.7 Å². The van der Waals surface area contributed by atoms with Crippen molar-refractivity contribution in [3.05, 3.63) is 100 Å². The minimum absolute atomic E-state index is 0.0423. The molecule has 1 amide bonds. The predicted octanol–water partition coefficient (Wildman–Crippen LogP) is 6.73. The Labute approximate surface area is 221 Å². The minimum Gasteiger partial charge on any atom is -0.497 e. The fourth-order valence-corrected chi connectivity index (χ4v) is 5.04. The molecule has 0 bridgehead atoms. The van der Waals surface area contributed by atoms with Crippen molar-refractivity contribution < 1.29 is 9.53 Å². The zero-order valence-electron chi connectivity index (χ0n) is 20.2. The van der Waals surface area contributed by atoms with Crippen LogP contribution < -0.4 is 9.64 Å². The van der Waals surface area contributed by atoms with Crippen molar-refractivity contribution in [1.29, 1.82) is 0 Å². The molecule has 0 aliphatic carbocycles. The van der Waals surface area contributed by atoms with Crippen LogP contribution in [0, 0.1) is 6.92 Å². The van der Waals surface area contributed by atoms with Crippen molar-refractivity contribution in [3.63, 3.8) is 0 Å². The summed E-state index contributed by atoms with van der Waals surface area (Å²) >= 11 is 12.3. The van der Waals surface area contributed by atoms with Gasteiger partial charge >= 0.3 is 0 Å². The van der Waals surface area contributed by atoms with Crippen LogP contribution in [0.3, 0.4) is 0 Å². The summed E-state index contributed by atoms with van der Waals surface area (Å²) in [6.45, 7) is 4.81. The highest BCUT2D eigenvalue weighted by Crippen LogP contribution is 2.32. The van der Waals surface area contributed by atoms with Crippen LogP contribution in [-0.4, -0.2) is 48.7 Å². The zero-order chi connectivity index (χ0) is 25.2. The van der Waals surface area contributed by atoms with Gasteiger partial charge in [0.15, 0.2) is 0 Å². The number of benzene rings is 3. The summed E-state index contributed by atoms with van der Waals surface area (Å²) in [7, 11) is 1.65. The largest absolute Gasteiger partial charge is 0.497 e. The lowest BCUT2D eigenvalue weighted by Gasteiger charge is -2.36. The molecule has 3 aromatic carbocycles. The Morgan fingerprint density at radius 1 is 0.806 bits per heavy atom. The van der Waals surface area contributed by atoms with E-state index in [1.807, 2.05) is 84.6 Å². The van der Waals surface area contributed by atoms with E-state index < -0.39 is 0 Å². The van der Waals surface area contributed by atoms with E-state index in [9.17, 15) is 4.79 Å². The highest BCUT2D eigenvalue weighted by Gasteiger charge is 2.27. The number of carbonyl (C=O) groups is 1. The first-order valence-corrected chi connectivity index (χ1v) is 12.6. The zero-order valence-corrected chi connectivity index (χ0v) is 21.8. The maximum Gasteiger partial charge on any atom is 0.255 e. The van der Waals surface area contributed by atoms with Crippen LogP contribution >= 0.6 is 23.2 Å². The average molecular weight is 520 g/mol. The van der Waals surface area contributed by atoms with Gasteiger partial charge in [0.05, 0.1) is 18.4 Å². The van der Waals surface area contributed by atoms with E-state index in [0.29, 0.717) is 23.7 Å². The molecule has 0 N–H and O–H groups in total. The van der Waals surface area contributed by atoms with Gasteiger partial charge in [0, 0.05) is 53.3 Å². The Morgan fingerprint density at radius 3 is 2.14 bits per heavy atom. The number of hydrogen-bond donors (Lipinski definition) is 0. The third-order valence-electron chi connectivity index (χ3n) is 6.69. The molecule has 1 aliphatic heterocycles.